The van der Waals surface area contributed by atoms with Crippen LogP contribution >= 0.6 is 12.4 Å². The molecule has 1 unspecified atom stereocenters. The van der Waals surface area contributed by atoms with Crippen molar-refractivity contribution >= 4 is 12.4 Å². The lowest BCUT2D eigenvalue weighted by atomic mass is 10.1. The van der Waals surface area contributed by atoms with Gasteiger partial charge in [0.2, 0.25) is 0 Å². The second-order valence-electron chi connectivity index (χ2n) is 4.24. The van der Waals surface area contributed by atoms with E-state index in [1.165, 1.54) is 12.1 Å². The minimum Gasteiger partial charge on any atom is -0.329 e. The molecule has 2 rings (SSSR count). The normalized spacial score (nSPS) is 20.3. The monoisotopic (exact) mass is 262 g/mol. The quantitative estimate of drug-likeness (QED) is 0.906. The Bertz CT molecular complexity index is 374. The van der Waals surface area contributed by atoms with Crippen LogP contribution in [0, 0.1) is 11.6 Å². The average molecular weight is 263 g/mol. The van der Waals surface area contributed by atoms with E-state index in [4.69, 9.17) is 5.73 Å². The van der Waals surface area contributed by atoms with Crippen LogP contribution in [0.5, 0.6) is 0 Å². The summed E-state index contributed by atoms with van der Waals surface area (Å²) < 4.78 is 26.4. The summed E-state index contributed by atoms with van der Waals surface area (Å²) in [5.41, 5.74) is 6.05. The first-order chi connectivity index (χ1) is 7.70. The van der Waals surface area contributed by atoms with Crippen LogP contribution in [0.25, 0.3) is 0 Å². The molecule has 1 aliphatic rings. The molecule has 1 saturated heterocycles. The summed E-state index contributed by atoms with van der Waals surface area (Å²) in [5, 5.41) is 0. The Balaban J connectivity index is 0.00000144. The number of hydrogen-bond acceptors (Lipinski definition) is 2. The topological polar surface area (TPSA) is 29.3 Å². The molecule has 0 aliphatic carbocycles. The largest absolute Gasteiger partial charge is 0.329 e. The number of rotatable bonds is 3. The van der Waals surface area contributed by atoms with Crippen LogP contribution < -0.4 is 5.73 Å². The van der Waals surface area contributed by atoms with Gasteiger partial charge in [0.15, 0.2) is 0 Å². The van der Waals surface area contributed by atoms with E-state index in [0.717, 1.165) is 25.5 Å². The standard InChI is InChI=1S/C12H16F2N2.ClH/c13-10-3-4-12(14)9(6-10)8-16-5-1-2-11(16)7-15;/h3-4,6,11H,1-2,5,7-8,15H2;1H. The molecule has 0 bridgehead atoms. The lowest BCUT2D eigenvalue weighted by Crippen LogP contribution is -2.35. The van der Waals surface area contributed by atoms with Crippen LogP contribution in [0.3, 0.4) is 0 Å². The van der Waals surface area contributed by atoms with Crippen molar-refractivity contribution in [2.75, 3.05) is 13.1 Å². The molecular formula is C12H17ClF2N2. The third-order valence-electron chi connectivity index (χ3n) is 3.15. The molecule has 1 aliphatic heterocycles. The summed E-state index contributed by atoms with van der Waals surface area (Å²) in [4.78, 5) is 2.12. The Hall–Kier alpha value is -0.710. The van der Waals surface area contributed by atoms with Gasteiger partial charge in [-0.3, -0.25) is 4.90 Å². The zero-order chi connectivity index (χ0) is 11.5. The van der Waals surface area contributed by atoms with Gasteiger partial charge in [0.25, 0.3) is 0 Å². The van der Waals surface area contributed by atoms with Gasteiger partial charge in [-0.1, -0.05) is 0 Å². The molecule has 0 radical (unpaired) electrons. The second kappa shape index (κ2) is 6.28. The first-order valence-electron chi connectivity index (χ1n) is 5.58. The molecule has 0 aromatic heterocycles. The van der Waals surface area contributed by atoms with E-state index in [0.29, 0.717) is 24.7 Å². The lowest BCUT2D eigenvalue weighted by Gasteiger charge is -2.23. The molecule has 0 saturated carbocycles. The third kappa shape index (κ3) is 3.37. The number of nitrogens with two attached hydrogens (primary N) is 1. The van der Waals surface area contributed by atoms with E-state index in [-0.39, 0.29) is 24.0 Å². The Labute approximate surface area is 106 Å². The van der Waals surface area contributed by atoms with Crippen molar-refractivity contribution < 1.29 is 8.78 Å². The molecule has 17 heavy (non-hydrogen) atoms. The van der Waals surface area contributed by atoms with Crippen molar-refractivity contribution in [3.05, 3.63) is 35.4 Å². The molecule has 1 aromatic carbocycles. The Morgan fingerprint density at radius 3 is 2.82 bits per heavy atom. The van der Waals surface area contributed by atoms with Gasteiger partial charge in [0, 0.05) is 24.7 Å². The van der Waals surface area contributed by atoms with E-state index in [2.05, 4.69) is 4.90 Å². The molecule has 1 fully saturated rings. The maximum atomic E-state index is 13.4. The molecule has 1 heterocycles. The Morgan fingerprint density at radius 2 is 2.12 bits per heavy atom. The number of halogens is 3. The first-order valence-corrected chi connectivity index (χ1v) is 5.58. The van der Waals surface area contributed by atoms with Crippen molar-refractivity contribution in [2.24, 2.45) is 5.73 Å². The smallest absolute Gasteiger partial charge is 0.127 e. The van der Waals surface area contributed by atoms with Crippen LogP contribution in [0.1, 0.15) is 18.4 Å². The summed E-state index contributed by atoms with van der Waals surface area (Å²) in [6.07, 6.45) is 2.13. The minimum absolute atomic E-state index is 0. The van der Waals surface area contributed by atoms with Gasteiger partial charge >= 0.3 is 0 Å². The SMILES string of the molecule is Cl.NCC1CCCN1Cc1cc(F)ccc1F. The molecule has 2 N–H and O–H groups in total. The van der Waals surface area contributed by atoms with Gasteiger partial charge in [-0.25, -0.2) is 8.78 Å². The van der Waals surface area contributed by atoms with Crippen molar-refractivity contribution in [1.82, 2.24) is 4.90 Å². The van der Waals surface area contributed by atoms with Crippen molar-refractivity contribution in [1.29, 1.82) is 0 Å². The fraction of sp³-hybridized carbons (Fsp3) is 0.500. The highest BCUT2D eigenvalue weighted by atomic mass is 35.5. The van der Waals surface area contributed by atoms with Gasteiger partial charge in [-0.2, -0.15) is 0 Å². The Morgan fingerprint density at radius 1 is 1.35 bits per heavy atom. The molecule has 5 heteroatoms. The van der Waals surface area contributed by atoms with Gasteiger partial charge in [0.05, 0.1) is 0 Å². The van der Waals surface area contributed by atoms with Crippen LogP contribution in [0.15, 0.2) is 18.2 Å². The summed E-state index contributed by atoms with van der Waals surface area (Å²) in [6.45, 7) is 1.94. The molecule has 0 amide bonds. The zero-order valence-electron chi connectivity index (χ0n) is 9.53. The highest BCUT2D eigenvalue weighted by Crippen LogP contribution is 2.20. The van der Waals surface area contributed by atoms with Crippen LogP contribution in [0.4, 0.5) is 8.78 Å². The molecule has 1 aromatic rings. The number of nitrogens with zero attached hydrogens (tertiary/aromatic N) is 1. The Kier molecular flexibility index (Phi) is 5.31. The van der Waals surface area contributed by atoms with Gasteiger partial charge in [-0.05, 0) is 37.6 Å². The van der Waals surface area contributed by atoms with Gasteiger partial charge < -0.3 is 5.73 Å². The minimum atomic E-state index is -0.389. The maximum Gasteiger partial charge on any atom is 0.127 e. The van der Waals surface area contributed by atoms with Crippen LogP contribution in [0.2, 0.25) is 0 Å². The average Bonchev–Trinajstić information content (AvgIpc) is 2.71. The summed E-state index contributed by atoms with van der Waals surface area (Å²) >= 11 is 0. The van der Waals surface area contributed by atoms with E-state index in [1.807, 2.05) is 0 Å². The number of benzene rings is 1. The van der Waals surface area contributed by atoms with Gasteiger partial charge in [-0.15, -0.1) is 12.4 Å². The summed E-state index contributed by atoms with van der Waals surface area (Å²) in [5.74, 6) is -0.732. The van der Waals surface area contributed by atoms with E-state index < -0.39 is 0 Å². The molecule has 2 nitrogen and oxygen atoms in total. The molecule has 0 spiro atoms. The predicted octanol–water partition coefficient (Wildman–Crippen LogP) is 2.31. The van der Waals surface area contributed by atoms with Crippen molar-refractivity contribution in [2.45, 2.75) is 25.4 Å². The predicted molar refractivity (Wildman–Crippen MR) is 66.1 cm³/mol. The zero-order valence-corrected chi connectivity index (χ0v) is 10.4. The van der Waals surface area contributed by atoms with Crippen LogP contribution in [-0.2, 0) is 6.54 Å². The molecule has 1 atom stereocenters. The fourth-order valence-corrected chi connectivity index (χ4v) is 2.25. The third-order valence-corrected chi connectivity index (χ3v) is 3.15. The van der Waals surface area contributed by atoms with E-state index in [1.54, 1.807) is 0 Å². The number of likely N-dealkylation sites (tertiary alicyclic amines) is 1. The summed E-state index contributed by atoms with van der Waals surface area (Å²) in [6, 6.07) is 3.89. The molecular weight excluding hydrogens is 246 g/mol. The molecule has 96 valence electrons. The van der Waals surface area contributed by atoms with Crippen molar-refractivity contribution in [3.8, 4) is 0 Å². The van der Waals surface area contributed by atoms with E-state index in [9.17, 15) is 8.78 Å². The van der Waals surface area contributed by atoms with E-state index >= 15 is 0 Å². The number of hydrogen-bond donors (Lipinski definition) is 1. The van der Waals surface area contributed by atoms with Crippen molar-refractivity contribution in [3.63, 3.8) is 0 Å². The summed E-state index contributed by atoms with van der Waals surface area (Å²) in [7, 11) is 0. The highest BCUT2D eigenvalue weighted by Gasteiger charge is 2.23. The lowest BCUT2D eigenvalue weighted by molar-refractivity contribution is 0.246. The first kappa shape index (κ1) is 14.4. The van der Waals surface area contributed by atoms with Crippen LogP contribution in [-0.4, -0.2) is 24.0 Å². The second-order valence-corrected chi connectivity index (χ2v) is 4.24. The van der Waals surface area contributed by atoms with Gasteiger partial charge in [0.1, 0.15) is 11.6 Å². The fourth-order valence-electron chi connectivity index (χ4n) is 2.25. The maximum absolute atomic E-state index is 13.4. The highest BCUT2D eigenvalue weighted by molar-refractivity contribution is 5.85.